The van der Waals surface area contributed by atoms with Gasteiger partial charge in [0.05, 0.1) is 17.6 Å². The minimum Gasteiger partial charge on any atom is -0.394 e. The minimum atomic E-state index is -3.56. The second kappa shape index (κ2) is 7.25. The highest BCUT2D eigenvalue weighted by Gasteiger charge is 2.19. The minimum absolute atomic E-state index is 0.189. The van der Waals surface area contributed by atoms with E-state index in [-0.39, 0.29) is 23.3 Å². The van der Waals surface area contributed by atoms with Crippen LogP contribution in [0.4, 0.5) is 0 Å². The van der Waals surface area contributed by atoms with Gasteiger partial charge in [-0.1, -0.05) is 12.1 Å². The van der Waals surface area contributed by atoms with Crippen molar-refractivity contribution >= 4 is 21.8 Å². The second-order valence-corrected chi connectivity index (χ2v) is 7.11. The number of rotatable bonds is 7. The van der Waals surface area contributed by atoms with Gasteiger partial charge in [0.15, 0.2) is 0 Å². The van der Waals surface area contributed by atoms with E-state index in [9.17, 15) is 13.5 Å². The van der Waals surface area contributed by atoms with Gasteiger partial charge in [0.2, 0.25) is 10.0 Å². The van der Waals surface area contributed by atoms with Crippen molar-refractivity contribution in [2.24, 2.45) is 0 Å². The number of aliphatic hydroxyl groups excluding tert-OH is 2. The Hall–Kier alpha value is -0.600. The Morgan fingerprint density at radius 1 is 1.32 bits per heavy atom. The van der Waals surface area contributed by atoms with Crippen LogP contribution in [0.15, 0.2) is 34.1 Å². The molecule has 7 heteroatoms. The number of nitrogens with one attached hydrogen (secondary N) is 1. The summed E-state index contributed by atoms with van der Waals surface area (Å²) in [5, 5.41) is 18.1. The van der Waals surface area contributed by atoms with Crippen LogP contribution in [0.1, 0.15) is 13.8 Å². The lowest BCUT2D eigenvalue weighted by Gasteiger charge is -2.14. The smallest absolute Gasteiger partial charge is 0.241 e. The van der Waals surface area contributed by atoms with E-state index in [2.05, 4.69) is 4.72 Å². The van der Waals surface area contributed by atoms with E-state index >= 15 is 0 Å². The number of hydrogen-bond acceptors (Lipinski definition) is 5. The molecule has 1 aromatic carbocycles. The molecule has 0 saturated heterocycles. The van der Waals surface area contributed by atoms with Crippen molar-refractivity contribution in [3.05, 3.63) is 24.3 Å². The van der Waals surface area contributed by atoms with E-state index in [4.69, 9.17) is 5.11 Å². The number of sulfonamides is 1. The highest BCUT2D eigenvalue weighted by molar-refractivity contribution is 8.00. The van der Waals surface area contributed by atoms with Gasteiger partial charge in [-0.15, -0.1) is 11.8 Å². The van der Waals surface area contributed by atoms with Crippen LogP contribution < -0.4 is 4.72 Å². The van der Waals surface area contributed by atoms with E-state index in [1.165, 1.54) is 17.8 Å². The van der Waals surface area contributed by atoms with Gasteiger partial charge in [-0.3, -0.25) is 0 Å². The van der Waals surface area contributed by atoms with Crippen LogP contribution in [0.25, 0.3) is 0 Å². The molecule has 0 aliphatic heterocycles. The summed E-state index contributed by atoms with van der Waals surface area (Å²) in [7, 11) is -3.56. The van der Waals surface area contributed by atoms with Gasteiger partial charge in [-0.2, -0.15) is 0 Å². The van der Waals surface area contributed by atoms with E-state index in [0.717, 1.165) is 0 Å². The lowest BCUT2D eigenvalue weighted by atomic mass is 10.4. The normalized spacial score (nSPS) is 13.7. The van der Waals surface area contributed by atoms with Crippen molar-refractivity contribution in [2.75, 3.05) is 12.4 Å². The molecule has 0 fully saturated rings. The fourth-order valence-corrected chi connectivity index (χ4v) is 4.11. The van der Waals surface area contributed by atoms with Crippen molar-refractivity contribution in [1.82, 2.24) is 4.72 Å². The summed E-state index contributed by atoms with van der Waals surface area (Å²) in [6.07, 6.45) is -0.862. The third kappa shape index (κ3) is 5.12. The van der Waals surface area contributed by atoms with Crippen molar-refractivity contribution in [2.45, 2.75) is 35.8 Å². The average molecular weight is 305 g/mol. The Balaban J connectivity index is 2.96. The number of aliphatic hydroxyl groups is 2. The predicted octanol–water partition coefficient (Wildman–Crippen LogP) is 0.819. The molecule has 19 heavy (non-hydrogen) atoms. The van der Waals surface area contributed by atoms with Crippen LogP contribution in [0.3, 0.4) is 0 Å². The van der Waals surface area contributed by atoms with Crippen molar-refractivity contribution < 1.29 is 18.6 Å². The van der Waals surface area contributed by atoms with E-state index in [1.807, 2.05) is 0 Å². The molecule has 0 heterocycles. The van der Waals surface area contributed by atoms with Gasteiger partial charge in [-0.25, -0.2) is 13.1 Å². The Morgan fingerprint density at radius 3 is 2.53 bits per heavy atom. The molecule has 1 atom stereocenters. The fraction of sp³-hybridized carbons (Fsp3) is 0.500. The highest BCUT2D eigenvalue weighted by atomic mass is 32.2. The quantitative estimate of drug-likeness (QED) is 0.649. The zero-order valence-corrected chi connectivity index (χ0v) is 12.5. The van der Waals surface area contributed by atoms with Crippen LogP contribution in [0, 0.1) is 0 Å². The van der Waals surface area contributed by atoms with Crippen LogP contribution in [0.5, 0.6) is 0 Å². The third-order valence-corrected chi connectivity index (χ3v) is 5.24. The summed E-state index contributed by atoms with van der Waals surface area (Å²) in [5.74, 6) is 0.241. The molecule has 0 aliphatic rings. The molecule has 0 spiro atoms. The molecule has 0 saturated carbocycles. The van der Waals surface area contributed by atoms with E-state index < -0.39 is 16.1 Å². The van der Waals surface area contributed by atoms with Crippen molar-refractivity contribution in [3.8, 4) is 0 Å². The molecule has 0 radical (unpaired) electrons. The summed E-state index contributed by atoms with van der Waals surface area (Å²) in [4.78, 5) is 0.752. The number of hydrogen-bond donors (Lipinski definition) is 3. The lowest BCUT2D eigenvalue weighted by molar-refractivity contribution is 0.113. The summed E-state index contributed by atoms with van der Waals surface area (Å²) in [5.41, 5.74) is 0. The van der Waals surface area contributed by atoms with Crippen LogP contribution in [0.2, 0.25) is 0 Å². The highest BCUT2D eigenvalue weighted by Crippen LogP contribution is 2.26. The van der Waals surface area contributed by atoms with Crippen LogP contribution in [-0.2, 0) is 10.0 Å². The van der Waals surface area contributed by atoms with Gasteiger partial charge < -0.3 is 10.2 Å². The van der Waals surface area contributed by atoms with E-state index in [0.29, 0.717) is 4.90 Å². The first-order valence-corrected chi connectivity index (χ1v) is 8.36. The first-order valence-electron chi connectivity index (χ1n) is 5.90. The van der Waals surface area contributed by atoms with E-state index in [1.54, 1.807) is 32.0 Å². The third-order valence-electron chi connectivity index (χ3n) is 2.17. The lowest BCUT2D eigenvalue weighted by Crippen LogP contribution is -2.30. The van der Waals surface area contributed by atoms with Gasteiger partial charge in [-0.05, 0) is 26.0 Å². The molecule has 0 amide bonds. The topological polar surface area (TPSA) is 86.6 Å². The van der Waals surface area contributed by atoms with Crippen molar-refractivity contribution in [1.29, 1.82) is 0 Å². The standard InChI is InChI=1S/C12H19NO4S2/c1-9(2)13-19(16,17)12-6-4-3-5-11(12)18-8-10(15)7-14/h3-6,9-10,13-15H,7-8H2,1-2H3. The maximum absolute atomic E-state index is 12.1. The second-order valence-electron chi connectivity index (χ2n) is 4.37. The Kier molecular flexibility index (Phi) is 6.28. The van der Waals surface area contributed by atoms with Gasteiger partial charge >= 0.3 is 0 Å². The summed E-state index contributed by atoms with van der Waals surface area (Å²) in [6.45, 7) is 3.16. The summed E-state index contributed by atoms with van der Waals surface area (Å²) < 4.78 is 26.8. The molecular weight excluding hydrogens is 286 g/mol. The van der Waals surface area contributed by atoms with Crippen molar-refractivity contribution in [3.63, 3.8) is 0 Å². The molecule has 108 valence electrons. The molecular formula is C12H19NO4S2. The molecule has 0 aromatic heterocycles. The molecule has 3 N–H and O–H groups in total. The van der Waals surface area contributed by atoms with Crippen LogP contribution >= 0.6 is 11.8 Å². The number of thioether (sulfide) groups is 1. The Bertz CT molecular complexity index is 502. The maximum atomic E-state index is 12.1. The molecule has 1 unspecified atom stereocenters. The molecule has 0 aliphatic carbocycles. The predicted molar refractivity (Wildman–Crippen MR) is 75.7 cm³/mol. The SMILES string of the molecule is CC(C)NS(=O)(=O)c1ccccc1SCC(O)CO. The van der Waals surface area contributed by atoms with Crippen LogP contribution in [-0.4, -0.2) is 43.1 Å². The Labute approximate surface area is 118 Å². The zero-order chi connectivity index (χ0) is 14.5. The fourth-order valence-electron chi connectivity index (χ4n) is 1.40. The monoisotopic (exact) mass is 305 g/mol. The Morgan fingerprint density at radius 2 is 1.95 bits per heavy atom. The molecule has 5 nitrogen and oxygen atoms in total. The zero-order valence-electron chi connectivity index (χ0n) is 10.9. The van der Waals surface area contributed by atoms with Gasteiger partial charge in [0, 0.05) is 16.7 Å². The summed E-state index contributed by atoms with van der Waals surface area (Å²) >= 11 is 1.20. The molecule has 1 aromatic rings. The first kappa shape index (κ1) is 16.5. The first-order chi connectivity index (χ1) is 8.86. The molecule has 0 bridgehead atoms. The average Bonchev–Trinajstić information content (AvgIpc) is 2.34. The largest absolute Gasteiger partial charge is 0.394 e. The molecule has 1 rings (SSSR count). The number of benzene rings is 1. The summed E-state index contributed by atoms with van der Waals surface area (Å²) in [6, 6.07) is 6.41. The van der Waals surface area contributed by atoms with Gasteiger partial charge in [0.1, 0.15) is 0 Å². The van der Waals surface area contributed by atoms with Gasteiger partial charge in [0.25, 0.3) is 0 Å². The maximum Gasteiger partial charge on any atom is 0.241 e.